The second kappa shape index (κ2) is 16.0. The number of nitrogens with zero attached hydrogens (tertiary/aromatic N) is 1. The van der Waals surface area contributed by atoms with Crippen molar-refractivity contribution in [3.63, 3.8) is 0 Å². The number of nitrogens with one attached hydrogen (secondary N) is 2. The van der Waals surface area contributed by atoms with Crippen LogP contribution in [0.25, 0.3) is 6.08 Å². The van der Waals surface area contributed by atoms with E-state index < -0.39 is 23.8 Å². The molecule has 0 fully saturated rings. The highest BCUT2D eigenvalue weighted by Gasteiger charge is 2.34. The SMILES string of the molecule is C=Cc1cccc(C(C(=O)NCCCCC)N(CCCCCC)C(=O)C(C)NC(=O)OC(C)(C)C)c1. The molecule has 2 atom stereocenters. The molecule has 202 valence electrons. The van der Waals surface area contributed by atoms with Gasteiger partial charge in [-0.05, 0) is 57.7 Å². The summed E-state index contributed by atoms with van der Waals surface area (Å²) in [6, 6.07) is 5.86. The van der Waals surface area contributed by atoms with Crippen molar-refractivity contribution in [1.82, 2.24) is 15.5 Å². The van der Waals surface area contributed by atoms with Crippen LogP contribution in [0.3, 0.4) is 0 Å². The average Bonchev–Trinajstić information content (AvgIpc) is 2.82. The maximum absolute atomic E-state index is 13.7. The smallest absolute Gasteiger partial charge is 0.408 e. The van der Waals surface area contributed by atoms with E-state index in [2.05, 4.69) is 31.1 Å². The van der Waals surface area contributed by atoms with Crippen LogP contribution in [0.4, 0.5) is 4.79 Å². The molecular formula is C29H47N3O4. The van der Waals surface area contributed by atoms with Gasteiger partial charge in [0.15, 0.2) is 0 Å². The highest BCUT2D eigenvalue weighted by molar-refractivity contribution is 5.92. The van der Waals surface area contributed by atoms with Crippen LogP contribution in [0.5, 0.6) is 0 Å². The highest BCUT2D eigenvalue weighted by atomic mass is 16.6. The molecular weight excluding hydrogens is 454 g/mol. The van der Waals surface area contributed by atoms with Gasteiger partial charge in [-0.25, -0.2) is 4.79 Å². The molecule has 0 saturated carbocycles. The lowest BCUT2D eigenvalue weighted by Gasteiger charge is -2.34. The Balaban J connectivity index is 3.29. The first-order valence-corrected chi connectivity index (χ1v) is 13.3. The fourth-order valence-corrected chi connectivity index (χ4v) is 3.88. The molecule has 0 heterocycles. The lowest BCUT2D eigenvalue weighted by Crippen LogP contribution is -2.52. The number of carbonyl (C=O) groups is 3. The van der Waals surface area contributed by atoms with Crippen LogP contribution in [0.15, 0.2) is 30.8 Å². The number of hydrogen-bond donors (Lipinski definition) is 2. The maximum atomic E-state index is 13.7. The maximum Gasteiger partial charge on any atom is 0.408 e. The minimum Gasteiger partial charge on any atom is -0.444 e. The van der Waals surface area contributed by atoms with Gasteiger partial charge in [0.25, 0.3) is 0 Å². The van der Waals surface area contributed by atoms with Crippen molar-refractivity contribution < 1.29 is 19.1 Å². The van der Waals surface area contributed by atoms with Crippen molar-refractivity contribution in [2.75, 3.05) is 13.1 Å². The lowest BCUT2D eigenvalue weighted by atomic mass is 10.00. The number of hydrogen-bond acceptors (Lipinski definition) is 4. The summed E-state index contributed by atoms with van der Waals surface area (Å²) in [5, 5.41) is 5.68. The van der Waals surface area contributed by atoms with Crippen LogP contribution in [-0.4, -0.2) is 47.5 Å². The van der Waals surface area contributed by atoms with E-state index in [0.717, 1.165) is 50.5 Å². The Morgan fingerprint density at radius 3 is 2.33 bits per heavy atom. The summed E-state index contributed by atoms with van der Waals surface area (Å²) in [6.45, 7) is 16.0. The van der Waals surface area contributed by atoms with Gasteiger partial charge in [-0.1, -0.05) is 76.8 Å². The molecule has 0 spiro atoms. The van der Waals surface area contributed by atoms with E-state index in [1.54, 1.807) is 38.7 Å². The molecule has 0 aliphatic heterocycles. The van der Waals surface area contributed by atoms with Gasteiger partial charge in [-0.2, -0.15) is 0 Å². The molecule has 1 rings (SSSR count). The largest absolute Gasteiger partial charge is 0.444 e. The van der Waals surface area contributed by atoms with Gasteiger partial charge in [0.1, 0.15) is 17.7 Å². The molecule has 0 radical (unpaired) electrons. The van der Waals surface area contributed by atoms with E-state index in [4.69, 9.17) is 4.74 Å². The van der Waals surface area contributed by atoms with Gasteiger partial charge in [0.2, 0.25) is 11.8 Å². The minimum atomic E-state index is -0.857. The first-order valence-electron chi connectivity index (χ1n) is 13.3. The fourth-order valence-electron chi connectivity index (χ4n) is 3.88. The summed E-state index contributed by atoms with van der Waals surface area (Å²) in [5.74, 6) is -0.546. The van der Waals surface area contributed by atoms with Gasteiger partial charge >= 0.3 is 6.09 Å². The van der Waals surface area contributed by atoms with E-state index in [1.807, 2.05) is 24.3 Å². The normalized spacial score (nSPS) is 12.8. The Bertz CT molecular complexity index is 847. The quantitative estimate of drug-likeness (QED) is 0.289. The monoisotopic (exact) mass is 501 g/mol. The highest BCUT2D eigenvalue weighted by Crippen LogP contribution is 2.25. The number of benzene rings is 1. The molecule has 2 N–H and O–H groups in total. The summed E-state index contributed by atoms with van der Waals surface area (Å²) in [5.41, 5.74) is 0.905. The molecule has 7 nitrogen and oxygen atoms in total. The zero-order chi connectivity index (χ0) is 27.1. The van der Waals surface area contributed by atoms with Gasteiger partial charge < -0.3 is 20.3 Å². The standard InChI is InChI=1S/C29H47N3O4/c1-8-11-13-15-20-32(27(34)22(4)31-28(35)36-29(5,6)7)25(26(33)30-19-14-12-9-2)24-18-16-17-23(10-3)21-24/h10,16-18,21-22,25H,3,8-9,11-15,19-20H2,1-2,4-7H3,(H,30,33)(H,31,35). The Morgan fingerprint density at radius 2 is 1.72 bits per heavy atom. The predicted molar refractivity (Wildman–Crippen MR) is 146 cm³/mol. The topological polar surface area (TPSA) is 87.7 Å². The third-order valence-corrected chi connectivity index (χ3v) is 5.74. The summed E-state index contributed by atoms with van der Waals surface area (Å²) in [4.78, 5) is 41.2. The second-order valence-corrected chi connectivity index (χ2v) is 10.2. The zero-order valence-corrected chi connectivity index (χ0v) is 23.2. The first-order chi connectivity index (χ1) is 17.0. The number of rotatable bonds is 15. The molecule has 36 heavy (non-hydrogen) atoms. The average molecular weight is 502 g/mol. The van der Waals surface area contributed by atoms with Crippen LogP contribution in [0.1, 0.15) is 104 Å². The molecule has 0 saturated heterocycles. The van der Waals surface area contributed by atoms with E-state index in [1.165, 1.54) is 0 Å². The molecule has 1 aromatic rings. The number of amides is 3. The van der Waals surface area contributed by atoms with Crippen LogP contribution in [0, 0.1) is 0 Å². The third kappa shape index (κ3) is 11.3. The Hall–Kier alpha value is -2.83. The zero-order valence-electron chi connectivity index (χ0n) is 23.2. The van der Waals surface area contributed by atoms with Crippen molar-refractivity contribution in [2.24, 2.45) is 0 Å². The van der Waals surface area contributed by atoms with Gasteiger partial charge in [-0.15, -0.1) is 0 Å². The molecule has 3 amide bonds. The lowest BCUT2D eigenvalue weighted by molar-refractivity contribution is -0.142. The van der Waals surface area contributed by atoms with Crippen LogP contribution < -0.4 is 10.6 Å². The van der Waals surface area contributed by atoms with Crippen LogP contribution in [0.2, 0.25) is 0 Å². The summed E-state index contributed by atoms with van der Waals surface area (Å²) < 4.78 is 5.34. The molecule has 0 aliphatic carbocycles. The number of unbranched alkanes of at least 4 members (excludes halogenated alkanes) is 5. The van der Waals surface area contributed by atoms with E-state index in [9.17, 15) is 14.4 Å². The van der Waals surface area contributed by atoms with Crippen LogP contribution >= 0.6 is 0 Å². The van der Waals surface area contributed by atoms with Crippen molar-refractivity contribution in [1.29, 1.82) is 0 Å². The number of alkyl carbamates (subject to hydrolysis) is 1. The summed E-state index contributed by atoms with van der Waals surface area (Å²) in [7, 11) is 0. The Kier molecular flexibility index (Phi) is 13.9. The minimum absolute atomic E-state index is 0.222. The number of carbonyl (C=O) groups excluding carboxylic acids is 3. The van der Waals surface area contributed by atoms with E-state index >= 15 is 0 Å². The van der Waals surface area contributed by atoms with Crippen LogP contribution in [-0.2, 0) is 14.3 Å². The second-order valence-electron chi connectivity index (χ2n) is 10.2. The Morgan fingerprint density at radius 1 is 1.06 bits per heavy atom. The molecule has 0 aliphatic rings. The summed E-state index contributed by atoms with van der Waals surface area (Å²) in [6.07, 6.45) is 7.84. The van der Waals surface area contributed by atoms with Crippen molar-refractivity contribution >= 4 is 24.0 Å². The molecule has 0 bridgehead atoms. The summed E-state index contributed by atoms with van der Waals surface area (Å²) >= 11 is 0. The predicted octanol–water partition coefficient (Wildman–Crippen LogP) is 6.00. The fraction of sp³-hybridized carbons (Fsp3) is 0.621. The molecule has 2 unspecified atom stereocenters. The Labute approximate surface area is 218 Å². The van der Waals surface area contributed by atoms with Crippen molar-refractivity contribution in [2.45, 2.75) is 104 Å². The molecule has 1 aromatic carbocycles. The first kappa shape index (κ1) is 31.2. The number of ether oxygens (including phenoxy) is 1. The molecule has 7 heteroatoms. The van der Waals surface area contributed by atoms with Crippen molar-refractivity contribution in [3.8, 4) is 0 Å². The third-order valence-electron chi connectivity index (χ3n) is 5.74. The van der Waals surface area contributed by atoms with Gasteiger partial charge in [-0.3, -0.25) is 9.59 Å². The van der Waals surface area contributed by atoms with Gasteiger partial charge in [0, 0.05) is 13.1 Å². The van der Waals surface area contributed by atoms with Gasteiger partial charge in [0.05, 0.1) is 0 Å². The molecule has 0 aromatic heterocycles. The van der Waals surface area contributed by atoms with E-state index in [-0.39, 0.29) is 11.8 Å². The van der Waals surface area contributed by atoms with E-state index in [0.29, 0.717) is 18.7 Å². The van der Waals surface area contributed by atoms with Crippen molar-refractivity contribution in [3.05, 3.63) is 42.0 Å².